The van der Waals surface area contributed by atoms with Crippen molar-refractivity contribution in [2.45, 2.75) is 68.1 Å². The number of hydrogen-bond donors (Lipinski definition) is 3. The zero-order valence-electron chi connectivity index (χ0n) is 14.1. The fourth-order valence-electron chi connectivity index (χ4n) is 2.77. The highest BCUT2D eigenvalue weighted by Gasteiger charge is 2.23. The molecule has 2 amide bonds. The van der Waals surface area contributed by atoms with Gasteiger partial charge in [0.1, 0.15) is 0 Å². The molecular formula is C18H28N2O2S. The fraction of sp³-hybridized carbons (Fsp3) is 0.611. The summed E-state index contributed by atoms with van der Waals surface area (Å²) in [5.41, 5.74) is 0.0218. The number of hydrogen-bond acceptors (Lipinski definition) is 3. The van der Waals surface area contributed by atoms with Crippen LogP contribution in [0.1, 0.15) is 52.4 Å². The molecule has 0 unspecified atom stereocenters. The monoisotopic (exact) mass is 336 g/mol. The summed E-state index contributed by atoms with van der Waals surface area (Å²) in [6.07, 6.45) is 6.37. The third kappa shape index (κ3) is 5.43. The Kier molecular flexibility index (Phi) is 6.78. The van der Waals surface area contributed by atoms with Crippen molar-refractivity contribution in [2.24, 2.45) is 0 Å². The number of benzene rings is 1. The number of thioether (sulfide) groups is 1. The number of aliphatic hydroxyl groups is 1. The molecule has 0 aromatic heterocycles. The SMILES string of the molecule is CCC(O)(CC)CNC(=O)Nc1ccccc1SC1CCCC1. The van der Waals surface area contributed by atoms with E-state index >= 15 is 0 Å². The quantitative estimate of drug-likeness (QED) is 0.692. The maximum absolute atomic E-state index is 12.1. The molecule has 128 valence electrons. The van der Waals surface area contributed by atoms with Crippen LogP contribution >= 0.6 is 11.8 Å². The van der Waals surface area contributed by atoms with Crippen molar-refractivity contribution in [1.82, 2.24) is 5.32 Å². The Morgan fingerprint density at radius 3 is 2.57 bits per heavy atom. The van der Waals surface area contributed by atoms with E-state index in [1.54, 1.807) is 0 Å². The minimum Gasteiger partial charge on any atom is -0.388 e. The minimum atomic E-state index is -0.824. The van der Waals surface area contributed by atoms with Gasteiger partial charge in [-0.1, -0.05) is 38.8 Å². The molecule has 1 saturated carbocycles. The fourth-order valence-corrected chi connectivity index (χ4v) is 4.10. The van der Waals surface area contributed by atoms with E-state index in [4.69, 9.17) is 0 Å². The number of para-hydroxylation sites is 1. The van der Waals surface area contributed by atoms with Gasteiger partial charge in [-0.25, -0.2) is 4.79 Å². The van der Waals surface area contributed by atoms with Gasteiger partial charge in [-0.2, -0.15) is 0 Å². The van der Waals surface area contributed by atoms with E-state index in [0.717, 1.165) is 10.6 Å². The molecule has 1 aliphatic carbocycles. The van der Waals surface area contributed by atoms with Gasteiger partial charge in [0.05, 0.1) is 11.3 Å². The van der Waals surface area contributed by atoms with Crippen LogP contribution in [0.2, 0.25) is 0 Å². The molecule has 1 aliphatic rings. The third-order valence-electron chi connectivity index (χ3n) is 4.63. The van der Waals surface area contributed by atoms with Gasteiger partial charge < -0.3 is 15.7 Å². The average molecular weight is 337 g/mol. The van der Waals surface area contributed by atoms with Crippen molar-refractivity contribution in [1.29, 1.82) is 0 Å². The number of urea groups is 1. The smallest absolute Gasteiger partial charge is 0.319 e. The normalized spacial score (nSPS) is 15.6. The second kappa shape index (κ2) is 8.60. The summed E-state index contributed by atoms with van der Waals surface area (Å²) < 4.78 is 0. The molecule has 0 radical (unpaired) electrons. The molecule has 5 heteroatoms. The van der Waals surface area contributed by atoms with Crippen LogP contribution in [0.25, 0.3) is 0 Å². The predicted octanol–water partition coefficient (Wildman–Crippen LogP) is 4.39. The minimum absolute atomic E-state index is 0.259. The molecule has 0 spiro atoms. The Labute approximate surface area is 143 Å². The van der Waals surface area contributed by atoms with Gasteiger partial charge in [0, 0.05) is 16.7 Å². The predicted molar refractivity (Wildman–Crippen MR) is 97.1 cm³/mol. The lowest BCUT2D eigenvalue weighted by molar-refractivity contribution is 0.0354. The summed E-state index contributed by atoms with van der Waals surface area (Å²) in [6, 6.07) is 7.68. The summed E-state index contributed by atoms with van der Waals surface area (Å²) >= 11 is 1.86. The molecule has 23 heavy (non-hydrogen) atoms. The summed E-state index contributed by atoms with van der Waals surface area (Å²) in [5.74, 6) is 0. The molecule has 1 fully saturated rings. The summed E-state index contributed by atoms with van der Waals surface area (Å²) in [6.45, 7) is 4.12. The van der Waals surface area contributed by atoms with Crippen molar-refractivity contribution >= 4 is 23.5 Å². The van der Waals surface area contributed by atoms with Gasteiger partial charge in [0.2, 0.25) is 0 Å². The Balaban J connectivity index is 1.92. The molecule has 0 atom stereocenters. The van der Waals surface area contributed by atoms with Gasteiger partial charge in [-0.3, -0.25) is 0 Å². The van der Waals surface area contributed by atoms with E-state index in [9.17, 15) is 9.90 Å². The van der Waals surface area contributed by atoms with Crippen molar-refractivity contribution in [2.75, 3.05) is 11.9 Å². The molecule has 2 rings (SSSR count). The summed E-state index contributed by atoms with van der Waals surface area (Å²) in [7, 11) is 0. The van der Waals surface area contributed by atoms with Gasteiger partial charge in [-0.15, -0.1) is 11.8 Å². The van der Waals surface area contributed by atoms with Crippen LogP contribution in [0.15, 0.2) is 29.2 Å². The number of carbonyl (C=O) groups is 1. The van der Waals surface area contributed by atoms with Crippen molar-refractivity contribution < 1.29 is 9.90 Å². The zero-order chi connectivity index (χ0) is 16.7. The van der Waals surface area contributed by atoms with Gasteiger partial charge >= 0.3 is 6.03 Å². The van der Waals surface area contributed by atoms with Crippen LogP contribution in [-0.4, -0.2) is 28.5 Å². The van der Waals surface area contributed by atoms with Crippen LogP contribution in [0.5, 0.6) is 0 Å². The average Bonchev–Trinajstić information content (AvgIpc) is 3.07. The molecule has 3 N–H and O–H groups in total. The number of amides is 2. The lowest BCUT2D eigenvalue weighted by Gasteiger charge is -2.25. The molecule has 0 heterocycles. The first kappa shape index (κ1) is 18.1. The van der Waals surface area contributed by atoms with Crippen LogP contribution in [0, 0.1) is 0 Å². The highest BCUT2D eigenvalue weighted by atomic mass is 32.2. The lowest BCUT2D eigenvalue weighted by atomic mass is 9.98. The molecule has 0 aliphatic heterocycles. The lowest BCUT2D eigenvalue weighted by Crippen LogP contribution is -2.43. The number of carbonyl (C=O) groups excluding carboxylic acids is 1. The van der Waals surface area contributed by atoms with Gasteiger partial charge in [0.15, 0.2) is 0 Å². The van der Waals surface area contributed by atoms with Crippen molar-refractivity contribution in [3.8, 4) is 0 Å². The van der Waals surface area contributed by atoms with Gasteiger partial charge in [0.25, 0.3) is 0 Å². The van der Waals surface area contributed by atoms with E-state index < -0.39 is 5.60 Å². The summed E-state index contributed by atoms with van der Waals surface area (Å²) in [5, 5.41) is 16.6. The second-order valence-corrected chi connectivity index (χ2v) is 7.60. The summed E-state index contributed by atoms with van der Waals surface area (Å²) in [4.78, 5) is 13.3. The topological polar surface area (TPSA) is 61.4 Å². The van der Waals surface area contributed by atoms with Crippen LogP contribution in [-0.2, 0) is 0 Å². The van der Waals surface area contributed by atoms with E-state index in [1.807, 2.05) is 43.8 Å². The highest BCUT2D eigenvalue weighted by Crippen LogP contribution is 2.37. The van der Waals surface area contributed by atoms with Crippen LogP contribution < -0.4 is 10.6 Å². The maximum Gasteiger partial charge on any atom is 0.319 e. The molecule has 1 aromatic carbocycles. The maximum atomic E-state index is 12.1. The Hall–Kier alpha value is -1.20. The Bertz CT molecular complexity index is 511. The van der Waals surface area contributed by atoms with Crippen molar-refractivity contribution in [3.05, 3.63) is 24.3 Å². The van der Waals surface area contributed by atoms with E-state index in [2.05, 4.69) is 16.7 Å². The number of anilines is 1. The molecule has 0 bridgehead atoms. The zero-order valence-corrected chi connectivity index (χ0v) is 14.9. The highest BCUT2D eigenvalue weighted by molar-refractivity contribution is 8.00. The largest absolute Gasteiger partial charge is 0.388 e. The van der Waals surface area contributed by atoms with Crippen LogP contribution in [0.4, 0.5) is 10.5 Å². The van der Waals surface area contributed by atoms with E-state index in [0.29, 0.717) is 18.1 Å². The molecule has 0 saturated heterocycles. The first-order valence-corrected chi connectivity index (χ1v) is 9.47. The first-order chi connectivity index (χ1) is 11.1. The molecule has 1 aromatic rings. The Morgan fingerprint density at radius 2 is 1.91 bits per heavy atom. The number of rotatable bonds is 7. The van der Waals surface area contributed by atoms with E-state index in [1.165, 1.54) is 25.7 Å². The second-order valence-electron chi connectivity index (χ2n) is 6.26. The van der Waals surface area contributed by atoms with Crippen LogP contribution in [0.3, 0.4) is 0 Å². The van der Waals surface area contributed by atoms with Crippen molar-refractivity contribution in [3.63, 3.8) is 0 Å². The van der Waals surface area contributed by atoms with Gasteiger partial charge in [-0.05, 0) is 37.8 Å². The van der Waals surface area contributed by atoms with E-state index in [-0.39, 0.29) is 12.6 Å². The Morgan fingerprint density at radius 1 is 1.26 bits per heavy atom. The first-order valence-electron chi connectivity index (χ1n) is 8.59. The number of nitrogens with one attached hydrogen (secondary N) is 2. The standard InChI is InChI=1S/C18H28N2O2S/c1-3-18(22,4-2)13-19-17(21)20-15-11-7-8-12-16(15)23-14-9-5-6-10-14/h7-8,11-12,14,22H,3-6,9-10,13H2,1-2H3,(H2,19,20,21). The molecular weight excluding hydrogens is 308 g/mol. The third-order valence-corrected chi connectivity index (χ3v) is 6.04. The molecule has 4 nitrogen and oxygen atoms in total.